The molecule has 0 saturated heterocycles. The largest absolute Gasteiger partial charge is 0.314 e. The topological polar surface area (TPSA) is 12.0 Å². The van der Waals surface area contributed by atoms with E-state index in [1.807, 2.05) is 0 Å². The normalized spacial score (nSPS) is 33.0. The lowest BCUT2D eigenvalue weighted by molar-refractivity contribution is 0.502. The van der Waals surface area contributed by atoms with Gasteiger partial charge in [-0.25, -0.2) is 0 Å². The van der Waals surface area contributed by atoms with E-state index in [2.05, 4.69) is 19.2 Å². The number of nitrogens with one attached hydrogen (secondary N) is 1. The molecule has 0 aromatic rings. The smallest absolute Gasteiger partial charge is 0.00696 e. The molecule has 0 unspecified atom stereocenters. The van der Waals surface area contributed by atoms with Gasteiger partial charge in [-0.1, -0.05) is 13.8 Å². The number of rotatable bonds is 3. The summed E-state index contributed by atoms with van der Waals surface area (Å²) in [5.74, 6) is 0.967. The lowest BCUT2D eigenvalue weighted by Gasteiger charge is -2.10. The summed E-state index contributed by atoms with van der Waals surface area (Å²) in [6, 6.07) is 0.843. The molecule has 2 atom stereocenters. The molecule has 1 rings (SSSR count). The maximum absolute atomic E-state index is 3.56. The van der Waals surface area contributed by atoms with Gasteiger partial charge in [0.15, 0.2) is 0 Å². The summed E-state index contributed by atoms with van der Waals surface area (Å²) in [4.78, 5) is 0. The Balaban J connectivity index is 2.06. The molecule has 1 aliphatic rings. The van der Waals surface area contributed by atoms with E-state index in [1.54, 1.807) is 0 Å². The van der Waals surface area contributed by atoms with Crippen molar-refractivity contribution in [3.8, 4) is 0 Å². The van der Waals surface area contributed by atoms with Crippen LogP contribution in [-0.2, 0) is 0 Å². The third kappa shape index (κ3) is 2.30. The van der Waals surface area contributed by atoms with E-state index in [0.717, 1.165) is 12.0 Å². The monoisotopic (exact) mass is 141 g/mol. The predicted molar refractivity (Wildman–Crippen MR) is 45.1 cm³/mol. The number of hydrogen-bond donors (Lipinski definition) is 1. The van der Waals surface area contributed by atoms with E-state index in [-0.39, 0.29) is 0 Å². The van der Waals surface area contributed by atoms with Gasteiger partial charge in [-0.3, -0.25) is 0 Å². The molecule has 0 bridgehead atoms. The van der Waals surface area contributed by atoms with Crippen molar-refractivity contribution >= 4 is 0 Å². The summed E-state index contributed by atoms with van der Waals surface area (Å²) in [5.41, 5.74) is 0. The molecule has 1 N–H and O–H groups in total. The highest BCUT2D eigenvalue weighted by Gasteiger charge is 2.19. The van der Waals surface area contributed by atoms with Crippen LogP contribution in [0.4, 0.5) is 0 Å². The maximum Gasteiger partial charge on any atom is 0.00696 e. The van der Waals surface area contributed by atoms with Crippen molar-refractivity contribution in [1.82, 2.24) is 5.32 Å². The molecular formula is C9H19N. The molecule has 0 amide bonds. The Morgan fingerprint density at radius 1 is 1.40 bits per heavy atom. The Labute approximate surface area is 64.2 Å². The second-order valence-corrected chi connectivity index (χ2v) is 3.57. The summed E-state index contributed by atoms with van der Waals surface area (Å²) in [5, 5.41) is 3.56. The SMILES string of the molecule is CCCN[C@H]1CC[C@H](C)C1. The molecule has 1 saturated carbocycles. The fourth-order valence-corrected chi connectivity index (χ4v) is 1.74. The Morgan fingerprint density at radius 2 is 2.20 bits per heavy atom. The van der Waals surface area contributed by atoms with Crippen LogP contribution in [0.15, 0.2) is 0 Å². The van der Waals surface area contributed by atoms with Crippen molar-refractivity contribution < 1.29 is 0 Å². The molecule has 0 heterocycles. The van der Waals surface area contributed by atoms with Crippen molar-refractivity contribution in [3.05, 3.63) is 0 Å². The Bertz CT molecular complexity index is 90.7. The van der Waals surface area contributed by atoms with Crippen LogP contribution < -0.4 is 5.32 Å². The molecule has 0 radical (unpaired) electrons. The van der Waals surface area contributed by atoms with E-state index in [4.69, 9.17) is 0 Å². The third-order valence-corrected chi connectivity index (χ3v) is 2.38. The highest BCUT2D eigenvalue weighted by atomic mass is 14.9. The highest BCUT2D eigenvalue weighted by Crippen LogP contribution is 2.24. The average molecular weight is 141 g/mol. The van der Waals surface area contributed by atoms with Crippen LogP contribution in [0.2, 0.25) is 0 Å². The van der Waals surface area contributed by atoms with Crippen LogP contribution in [0.3, 0.4) is 0 Å². The van der Waals surface area contributed by atoms with Crippen molar-refractivity contribution in [2.75, 3.05) is 6.54 Å². The summed E-state index contributed by atoms with van der Waals surface area (Å²) >= 11 is 0. The number of hydrogen-bond acceptors (Lipinski definition) is 1. The quantitative estimate of drug-likeness (QED) is 0.635. The molecule has 0 aliphatic heterocycles. The molecule has 10 heavy (non-hydrogen) atoms. The van der Waals surface area contributed by atoms with Crippen molar-refractivity contribution in [2.24, 2.45) is 5.92 Å². The van der Waals surface area contributed by atoms with Gasteiger partial charge in [-0.05, 0) is 38.1 Å². The fourth-order valence-electron chi connectivity index (χ4n) is 1.74. The minimum Gasteiger partial charge on any atom is -0.314 e. The van der Waals surface area contributed by atoms with E-state index >= 15 is 0 Å². The highest BCUT2D eigenvalue weighted by molar-refractivity contribution is 4.77. The van der Waals surface area contributed by atoms with E-state index in [1.165, 1.54) is 32.2 Å². The Morgan fingerprint density at radius 3 is 2.70 bits per heavy atom. The first-order chi connectivity index (χ1) is 4.83. The summed E-state index contributed by atoms with van der Waals surface area (Å²) in [6.45, 7) is 5.79. The molecule has 1 nitrogen and oxygen atoms in total. The van der Waals surface area contributed by atoms with Gasteiger partial charge in [-0.2, -0.15) is 0 Å². The summed E-state index contributed by atoms with van der Waals surface area (Å²) in [6.07, 6.45) is 5.51. The average Bonchev–Trinajstić information content (AvgIpc) is 2.31. The Kier molecular flexibility index (Phi) is 3.20. The molecular weight excluding hydrogens is 122 g/mol. The van der Waals surface area contributed by atoms with Gasteiger partial charge < -0.3 is 5.32 Å². The van der Waals surface area contributed by atoms with Crippen LogP contribution in [0.5, 0.6) is 0 Å². The zero-order chi connectivity index (χ0) is 7.40. The van der Waals surface area contributed by atoms with Gasteiger partial charge in [0.25, 0.3) is 0 Å². The van der Waals surface area contributed by atoms with Gasteiger partial charge in [0.05, 0.1) is 0 Å². The predicted octanol–water partition coefficient (Wildman–Crippen LogP) is 2.17. The molecule has 1 fully saturated rings. The second-order valence-electron chi connectivity index (χ2n) is 3.57. The summed E-state index contributed by atoms with van der Waals surface area (Å²) < 4.78 is 0. The van der Waals surface area contributed by atoms with Gasteiger partial charge in [-0.15, -0.1) is 0 Å². The van der Waals surface area contributed by atoms with Gasteiger partial charge >= 0.3 is 0 Å². The van der Waals surface area contributed by atoms with Crippen LogP contribution in [-0.4, -0.2) is 12.6 Å². The van der Waals surface area contributed by atoms with Crippen LogP contribution in [0, 0.1) is 5.92 Å². The fraction of sp³-hybridized carbons (Fsp3) is 1.00. The zero-order valence-corrected chi connectivity index (χ0v) is 7.19. The maximum atomic E-state index is 3.56. The van der Waals surface area contributed by atoms with Crippen LogP contribution >= 0.6 is 0 Å². The lowest BCUT2D eigenvalue weighted by atomic mass is 10.1. The van der Waals surface area contributed by atoms with Crippen molar-refractivity contribution in [3.63, 3.8) is 0 Å². The first kappa shape index (κ1) is 8.06. The van der Waals surface area contributed by atoms with E-state index in [9.17, 15) is 0 Å². The Hall–Kier alpha value is -0.0400. The zero-order valence-electron chi connectivity index (χ0n) is 7.19. The van der Waals surface area contributed by atoms with Gasteiger partial charge in [0, 0.05) is 6.04 Å². The molecule has 1 heteroatoms. The lowest BCUT2D eigenvalue weighted by Crippen LogP contribution is -2.26. The molecule has 0 spiro atoms. The minimum atomic E-state index is 0.843. The summed E-state index contributed by atoms with van der Waals surface area (Å²) in [7, 11) is 0. The first-order valence-electron chi connectivity index (χ1n) is 4.56. The van der Waals surface area contributed by atoms with Crippen LogP contribution in [0.1, 0.15) is 39.5 Å². The van der Waals surface area contributed by atoms with Crippen LogP contribution in [0.25, 0.3) is 0 Å². The van der Waals surface area contributed by atoms with Crippen molar-refractivity contribution in [2.45, 2.75) is 45.6 Å². The third-order valence-electron chi connectivity index (χ3n) is 2.38. The van der Waals surface area contributed by atoms with E-state index < -0.39 is 0 Å². The molecule has 0 aromatic carbocycles. The first-order valence-corrected chi connectivity index (χ1v) is 4.56. The minimum absolute atomic E-state index is 0.843. The van der Waals surface area contributed by atoms with E-state index in [0.29, 0.717) is 0 Å². The van der Waals surface area contributed by atoms with Gasteiger partial charge in [0.1, 0.15) is 0 Å². The van der Waals surface area contributed by atoms with Crippen molar-refractivity contribution in [1.29, 1.82) is 0 Å². The molecule has 0 aromatic heterocycles. The molecule has 60 valence electrons. The van der Waals surface area contributed by atoms with Gasteiger partial charge in [0.2, 0.25) is 0 Å². The second kappa shape index (κ2) is 3.97. The standard InChI is InChI=1S/C9H19N/c1-3-6-10-9-5-4-8(2)7-9/h8-10H,3-7H2,1-2H3/t8-,9-/m0/s1. The molecule has 1 aliphatic carbocycles.